The Bertz CT molecular complexity index is 677. The number of nitro groups is 1. The number of ether oxygens (including phenoxy) is 1. The first-order valence-electron chi connectivity index (χ1n) is 6.20. The molecule has 2 aromatic rings. The Hall–Kier alpha value is -2.34. The Morgan fingerprint density at radius 2 is 2.14 bits per heavy atom. The summed E-state index contributed by atoms with van der Waals surface area (Å²) < 4.78 is 5.25. The molecule has 0 spiro atoms. The number of pyridine rings is 1. The van der Waals surface area contributed by atoms with Crippen LogP contribution in [-0.2, 0) is 6.54 Å². The third-order valence-corrected chi connectivity index (χ3v) is 3.35. The van der Waals surface area contributed by atoms with Gasteiger partial charge in [-0.3, -0.25) is 10.1 Å². The van der Waals surface area contributed by atoms with Crippen molar-refractivity contribution in [1.29, 1.82) is 0 Å². The molecule has 110 valence electrons. The van der Waals surface area contributed by atoms with E-state index < -0.39 is 4.92 Å². The Kier molecular flexibility index (Phi) is 4.59. The summed E-state index contributed by atoms with van der Waals surface area (Å²) in [6.45, 7) is 2.01. The molecule has 21 heavy (non-hydrogen) atoms. The number of hydrogen-bond acceptors (Lipinski definition) is 5. The van der Waals surface area contributed by atoms with Gasteiger partial charge in [0.2, 0.25) is 0 Å². The summed E-state index contributed by atoms with van der Waals surface area (Å²) in [5.74, 6) is 1.22. The topological polar surface area (TPSA) is 77.3 Å². The number of methoxy groups -OCH3 is 1. The van der Waals surface area contributed by atoms with Gasteiger partial charge in [-0.2, -0.15) is 0 Å². The van der Waals surface area contributed by atoms with Crippen molar-refractivity contribution in [3.8, 4) is 5.75 Å². The Balaban J connectivity index is 2.17. The van der Waals surface area contributed by atoms with Crippen LogP contribution in [0.4, 0.5) is 11.5 Å². The lowest BCUT2D eigenvalue weighted by atomic mass is 10.2. The molecule has 7 heteroatoms. The first kappa shape index (κ1) is 15.1. The highest BCUT2D eigenvalue weighted by Gasteiger charge is 2.12. The highest BCUT2D eigenvalue weighted by Crippen LogP contribution is 2.27. The molecule has 0 radical (unpaired) electrons. The smallest absolute Gasteiger partial charge is 0.290 e. The second-order valence-corrected chi connectivity index (χ2v) is 4.74. The second kappa shape index (κ2) is 6.41. The summed E-state index contributed by atoms with van der Waals surface area (Å²) in [5, 5.41) is 14.4. The Morgan fingerprint density at radius 1 is 1.38 bits per heavy atom. The number of hydrogen-bond donors (Lipinski definition) is 1. The molecule has 1 aromatic carbocycles. The molecule has 1 aromatic heterocycles. The van der Waals surface area contributed by atoms with Gasteiger partial charge in [-0.15, -0.1) is 0 Å². The molecular formula is C14H14ClN3O3. The minimum Gasteiger partial charge on any atom is -0.496 e. The van der Waals surface area contributed by atoms with Crippen molar-refractivity contribution in [3.05, 3.63) is 56.7 Å². The van der Waals surface area contributed by atoms with Gasteiger partial charge >= 0.3 is 0 Å². The molecule has 1 heterocycles. The molecule has 0 unspecified atom stereocenters. The van der Waals surface area contributed by atoms with Crippen molar-refractivity contribution >= 4 is 23.1 Å². The summed E-state index contributed by atoms with van der Waals surface area (Å²) in [5.41, 5.74) is 1.16. The zero-order valence-corrected chi connectivity index (χ0v) is 12.3. The van der Waals surface area contributed by atoms with Gasteiger partial charge in [0.05, 0.1) is 12.0 Å². The number of anilines is 1. The number of benzene rings is 1. The predicted octanol–water partition coefficient (Wildman–Crippen LogP) is 3.57. The predicted molar refractivity (Wildman–Crippen MR) is 81.0 cm³/mol. The number of rotatable bonds is 5. The third-order valence-electron chi connectivity index (χ3n) is 3.00. The SMILES string of the molecule is COc1cccc(Cl)c1CNc1ccc([N+](=O)[O-])c(C)n1. The molecule has 2 rings (SSSR count). The number of nitrogens with zero attached hydrogens (tertiary/aromatic N) is 2. The number of halogens is 1. The fourth-order valence-electron chi connectivity index (χ4n) is 1.93. The minimum atomic E-state index is -0.455. The van der Waals surface area contributed by atoms with Gasteiger partial charge in [0.15, 0.2) is 0 Å². The number of aryl methyl sites for hydroxylation is 1. The van der Waals surface area contributed by atoms with E-state index in [0.717, 1.165) is 5.56 Å². The molecule has 0 aliphatic carbocycles. The van der Waals surface area contributed by atoms with Crippen molar-refractivity contribution in [2.75, 3.05) is 12.4 Å². The van der Waals surface area contributed by atoms with Crippen LogP contribution in [-0.4, -0.2) is 17.0 Å². The van der Waals surface area contributed by atoms with Gasteiger partial charge in [0.25, 0.3) is 5.69 Å². The Labute approximate surface area is 126 Å². The van der Waals surface area contributed by atoms with Gasteiger partial charge in [0, 0.05) is 23.2 Å². The van der Waals surface area contributed by atoms with Crippen molar-refractivity contribution in [2.24, 2.45) is 0 Å². The molecule has 0 bridgehead atoms. The normalized spacial score (nSPS) is 10.2. The summed E-state index contributed by atoms with van der Waals surface area (Å²) in [6.07, 6.45) is 0. The fourth-order valence-corrected chi connectivity index (χ4v) is 2.16. The number of aromatic nitrogens is 1. The van der Waals surface area contributed by atoms with Gasteiger partial charge in [0.1, 0.15) is 17.3 Å². The number of nitrogens with one attached hydrogen (secondary N) is 1. The molecule has 0 saturated carbocycles. The summed E-state index contributed by atoms with van der Waals surface area (Å²) in [6, 6.07) is 8.38. The summed E-state index contributed by atoms with van der Waals surface area (Å²) in [4.78, 5) is 14.5. The van der Waals surface area contributed by atoms with Gasteiger partial charge in [-0.25, -0.2) is 4.98 Å². The quantitative estimate of drug-likeness (QED) is 0.675. The van der Waals surface area contributed by atoms with Crippen LogP contribution in [0.3, 0.4) is 0 Å². The molecule has 0 aliphatic heterocycles. The van der Waals surface area contributed by atoms with Gasteiger partial charge in [-0.05, 0) is 25.1 Å². The van der Waals surface area contributed by atoms with Crippen LogP contribution < -0.4 is 10.1 Å². The standard InChI is InChI=1S/C14H14ClN3O3/c1-9-12(18(19)20)6-7-14(17-9)16-8-10-11(15)4-3-5-13(10)21-2/h3-7H,8H2,1-2H3,(H,16,17). The summed E-state index contributed by atoms with van der Waals surface area (Å²) >= 11 is 6.14. The lowest BCUT2D eigenvalue weighted by Gasteiger charge is -2.12. The van der Waals surface area contributed by atoms with E-state index in [1.807, 2.05) is 6.07 Å². The summed E-state index contributed by atoms with van der Waals surface area (Å²) in [7, 11) is 1.57. The van der Waals surface area contributed by atoms with Crippen molar-refractivity contribution in [1.82, 2.24) is 4.98 Å². The fraction of sp³-hybridized carbons (Fsp3) is 0.214. The van der Waals surface area contributed by atoms with E-state index >= 15 is 0 Å². The highest BCUT2D eigenvalue weighted by molar-refractivity contribution is 6.31. The van der Waals surface area contributed by atoms with E-state index in [2.05, 4.69) is 10.3 Å². The van der Waals surface area contributed by atoms with Crippen molar-refractivity contribution < 1.29 is 9.66 Å². The maximum absolute atomic E-state index is 10.8. The lowest BCUT2D eigenvalue weighted by molar-refractivity contribution is -0.385. The van der Waals surface area contributed by atoms with Crippen LogP contribution in [0.15, 0.2) is 30.3 Å². The van der Waals surface area contributed by atoms with E-state index in [-0.39, 0.29) is 5.69 Å². The molecule has 6 nitrogen and oxygen atoms in total. The van der Waals surface area contributed by atoms with E-state index in [4.69, 9.17) is 16.3 Å². The average Bonchev–Trinajstić information content (AvgIpc) is 2.45. The van der Waals surface area contributed by atoms with Gasteiger partial charge < -0.3 is 10.1 Å². The maximum Gasteiger partial charge on any atom is 0.290 e. The van der Waals surface area contributed by atoms with E-state index in [1.54, 1.807) is 32.2 Å². The largest absolute Gasteiger partial charge is 0.496 e. The highest BCUT2D eigenvalue weighted by atomic mass is 35.5. The van der Waals surface area contributed by atoms with E-state index in [0.29, 0.717) is 28.8 Å². The average molecular weight is 308 g/mol. The first-order chi connectivity index (χ1) is 10.0. The molecule has 0 amide bonds. The van der Waals surface area contributed by atoms with Gasteiger partial charge in [-0.1, -0.05) is 17.7 Å². The van der Waals surface area contributed by atoms with Crippen LogP contribution in [0.2, 0.25) is 5.02 Å². The van der Waals surface area contributed by atoms with E-state index in [1.165, 1.54) is 6.07 Å². The van der Waals surface area contributed by atoms with Crippen LogP contribution in [0.5, 0.6) is 5.75 Å². The van der Waals surface area contributed by atoms with Crippen molar-refractivity contribution in [3.63, 3.8) is 0 Å². The second-order valence-electron chi connectivity index (χ2n) is 4.33. The third kappa shape index (κ3) is 3.41. The van der Waals surface area contributed by atoms with Crippen LogP contribution in [0.25, 0.3) is 0 Å². The van der Waals surface area contributed by atoms with E-state index in [9.17, 15) is 10.1 Å². The molecule has 0 atom stereocenters. The minimum absolute atomic E-state index is 0.00382. The molecule has 0 fully saturated rings. The van der Waals surface area contributed by atoms with Crippen LogP contribution in [0, 0.1) is 17.0 Å². The Morgan fingerprint density at radius 3 is 2.76 bits per heavy atom. The monoisotopic (exact) mass is 307 g/mol. The first-order valence-corrected chi connectivity index (χ1v) is 6.58. The molecule has 0 saturated heterocycles. The van der Waals surface area contributed by atoms with Crippen LogP contribution >= 0.6 is 11.6 Å². The van der Waals surface area contributed by atoms with Crippen LogP contribution in [0.1, 0.15) is 11.3 Å². The zero-order valence-electron chi connectivity index (χ0n) is 11.6. The lowest BCUT2D eigenvalue weighted by Crippen LogP contribution is -2.05. The van der Waals surface area contributed by atoms with Crippen molar-refractivity contribution in [2.45, 2.75) is 13.5 Å². The zero-order chi connectivity index (χ0) is 15.4. The molecule has 1 N–H and O–H groups in total. The molecular weight excluding hydrogens is 294 g/mol. The molecule has 0 aliphatic rings. The maximum atomic E-state index is 10.8.